The Hall–Kier alpha value is -0.540. The second kappa shape index (κ2) is 6.27. The summed E-state index contributed by atoms with van der Waals surface area (Å²) in [4.78, 5) is 0. The zero-order valence-corrected chi connectivity index (χ0v) is 13.4. The molecule has 0 bridgehead atoms. The van der Waals surface area contributed by atoms with Gasteiger partial charge in [-0.3, -0.25) is 0 Å². The Morgan fingerprint density at radius 3 is 2.58 bits per heavy atom. The molecule has 0 saturated heterocycles. The fourth-order valence-electron chi connectivity index (χ4n) is 2.03. The average molecular weight is 360 g/mol. The highest BCUT2D eigenvalue weighted by atomic mass is 79.9. The molecule has 0 aromatic heterocycles. The minimum Gasteiger partial charge on any atom is -0.388 e. The summed E-state index contributed by atoms with van der Waals surface area (Å²) in [6.07, 6.45) is -0.147. The normalized spacial score (nSPS) is 12.5. The summed E-state index contributed by atoms with van der Waals surface area (Å²) >= 11 is 15.5. The van der Waals surface area contributed by atoms with E-state index in [9.17, 15) is 5.11 Å². The number of hydrogen-bond acceptors (Lipinski definition) is 1. The van der Waals surface area contributed by atoms with Crippen LogP contribution in [-0.4, -0.2) is 5.11 Å². The van der Waals surface area contributed by atoms with Crippen molar-refractivity contribution in [3.63, 3.8) is 0 Å². The van der Waals surface area contributed by atoms with E-state index in [4.69, 9.17) is 23.2 Å². The van der Waals surface area contributed by atoms with Crippen molar-refractivity contribution in [2.75, 3.05) is 0 Å². The van der Waals surface area contributed by atoms with Gasteiger partial charge in [0, 0.05) is 20.9 Å². The number of benzene rings is 2. The third-order valence-electron chi connectivity index (χ3n) is 3.01. The molecule has 0 spiro atoms. The van der Waals surface area contributed by atoms with Gasteiger partial charge >= 0.3 is 0 Å². The maximum absolute atomic E-state index is 10.3. The summed E-state index contributed by atoms with van der Waals surface area (Å²) in [5.74, 6) is 0. The van der Waals surface area contributed by atoms with Crippen LogP contribution in [0.3, 0.4) is 0 Å². The molecule has 2 aromatic carbocycles. The Morgan fingerprint density at radius 2 is 1.89 bits per heavy atom. The molecule has 0 aliphatic rings. The van der Waals surface area contributed by atoms with Crippen molar-refractivity contribution in [1.29, 1.82) is 0 Å². The van der Waals surface area contributed by atoms with Crippen molar-refractivity contribution in [1.82, 2.24) is 0 Å². The van der Waals surface area contributed by atoms with Gasteiger partial charge in [-0.15, -0.1) is 0 Å². The summed E-state index contributed by atoms with van der Waals surface area (Å²) in [5, 5.41) is 11.6. The van der Waals surface area contributed by atoms with E-state index in [2.05, 4.69) is 15.9 Å². The molecule has 2 aromatic rings. The smallest absolute Gasteiger partial charge is 0.0833 e. The minimum absolute atomic E-state index is 0.446. The zero-order valence-electron chi connectivity index (χ0n) is 10.3. The van der Waals surface area contributed by atoms with Crippen LogP contribution in [-0.2, 0) is 6.42 Å². The van der Waals surface area contributed by atoms with Gasteiger partial charge < -0.3 is 5.11 Å². The van der Waals surface area contributed by atoms with E-state index in [1.54, 1.807) is 18.2 Å². The fraction of sp³-hybridized carbons (Fsp3) is 0.200. The summed E-state index contributed by atoms with van der Waals surface area (Å²) in [6.45, 7) is 1.98. The Morgan fingerprint density at radius 1 is 1.16 bits per heavy atom. The van der Waals surface area contributed by atoms with Gasteiger partial charge in [0.2, 0.25) is 0 Å². The third-order valence-corrected chi connectivity index (χ3v) is 4.11. The first-order valence-corrected chi connectivity index (χ1v) is 7.40. The van der Waals surface area contributed by atoms with Crippen molar-refractivity contribution in [2.45, 2.75) is 19.4 Å². The second-order valence-electron chi connectivity index (χ2n) is 4.46. The van der Waals surface area contributed by atoms with Crippen LogP contribution in [0.15, 0.2) is 40.9 Å². The summed E-state index contributed by atoms with van der Waals surface area (Å²) in [7, 11) is 0. The van der Waals surface area contributed by atoms with E-state index in [1.165, 1.54) is 0 Å². The average Bonchev–Trinajstić information content (AvgIpc) is 2.33. The highest BCUT2D eigenvalue weighted by Gasteiger charge is 2.13. The fourth-order valence-corrected chi connectivity index (χ4v) is 2.90. The highest BCUT2D eigenvalue weighted by molar-refractivity contribution is 9.10. The van der Waals surface area contributed by atoms with Gasteiger partial charge in [-0.05, 0) is 53.9 Å². The molecular weight excluding hydrogens is 347 g/mol. The van der Waals surface area contributed by atoms with Crippen molar-refractivity contribution < 1.29 is 5.11 Å². The Balaban J connectivity index is 2.25. The lowest BCUT2D eigenvalue weighted by Gasteiger charge is -2.15. The SMILES string of the molecule is Cc1cc(Br)ccc1C(O)Cc1cc(Cl)ccc1Cl. The quantitative estimate of drug-likeness (QED) is 0.784. The van der Waals surface area contributed by atoms with E-state index in [1.807, 2.05) is 25.1 Å². The zero-order chi connectivity index (χ0) is 14.0. The lowest BCUT2D eigenvalue weighted by atomic mass is 9.98. The first kappa shape index (κ1) is 14.9. The first-order valence-electron chi connectivity index (χ1n) is 5.85. The first-order chi connectivity index (χ1) is 8.97. The molecule has 0 aliphatic heterocycles. The topological polar surface area (TPSA) is 20.2 Å². The molecular formula is C15H13BrCl2O. The van der Waals surface area contributed by atoms with Crippen molar-refractivity contribution in [3.05, 3.63) is 67.6 Å². The van der Waals surface area contributed by atoms with E-state index < -0.39 is 6.10 Å². The largest absolute Gasteiger partial charge is 0.388 e. The van der Waals surface area contributed by atoms with Crippen molar-refractivity contribution in [2.24, 2.45) is 0 Å². The molecule has 2 rings (SSSR count). The number of aliphatic hydroxyl groups excluding tert-OH is 1. The number of rotatable bonds is 3. The predicted octanol–water partition coefficient (Wildman–Crippen LogP) is 5.34. The van der Waals surface area contributed by atoms with Crippen LogP contribution in [0.2, 0.25) is 10.0 Å². The van der Waals surface area contributed by atoms with Gasteiger partial charge in [-0.1, -0.05) is 45.2 Å². The monoisotopic (exact) mass is 358 g/mol. The second-order valence-corrected chi connectivity index (χ2v) is 6.22. The number of halogens is 3. The molecule has 100 valence electrons. The van der Waals surface area contributed by atoms with Crippen LogP contribution < -0.4 is 0 Å². The van der Waals surface area contributed by atoms with E-state index in [0.29, 0.717) is 16.5 Å². The molecule has 0 heterocycles. The van der Waals surface area contributed by atoms with E-state index >= 15 is 0 Å². The molecule has 19 heavy (non-hydrogen) atoms. The highest BCUT2D eigenvalue weighted by Crippen LogP contribution is 2.28. The summed E-state index contributed by atoms with van der Waals surface area (Å²) in [6, 6.07) is 11.1. The van der Waals surface area contributed by atoms with Gasteiger partial charge in [0.05, 0.1) is 6.10 Å². The van der Waals surface area contributed by atoms with Crippen LogP contribution in [0.1, 0.15) is 22.8 Å². The minimum atomic E-state index is -0.593. The maximum Gasteiger partial charge on any atom is 0.0833 e. The Bertz CT molecular complexity index is 599. The molecule has 4 heteroatoms. The molecule has 1 atom stereocenters. The van der Waals surface area contributed by atoms with E-state index in [-0.39, 0.29) is 0 Å². The molecule has 1 N–H and O–H groups in total. The third kappa shape index (κ3) is 3.73. The van der Waals surface area contributed by atoms with Gasteiger partial charge in [0.25, 0.3) is 0 Å². The Labute approximate surface area is 131 Å². The Kier molecular flexibility index (Phi) is 4.91. The summed E-state index contributed by atoms with van der Waals surface area (Å²) in [5.41, 5.74) is 2.79. The standard InChI is InChI=1S/C15H13BrCl2O/c1-9-6-11(16)2-4-13(9)15(19)8-10-7-12(17)3-5-14(10)18/h2-7,15,19H,8H2,1H3. The van der Waals surface area contributed by atoms with Crippen LogP contribution in [0.4, 0.5) is 0 Å². The van der Waals surface area contributed by atoms with Crippen molar-refractivity contribution in [3.8, 4) is 0 Å². The van der Waals surface area contributed by atoms with E-state index in [0.717, 1.165) is 21.2 Å². The summed E-state index contributed by atoms with van der Waals surface area (Å²) < 4.78 is 1.00. The van der Waals surface area contributed by atoms with Crippen LogP contribution >= 0.6 is 39.1 Å². The number of aliphatic hydroxyl groups is 1. The number of aryl methyl sites for hydroxylation is 1. The van der Waals surface area contributed by atoms with Gasteiger partial charge in [-0.25, -0.2) is 0 Å². The molecule has 1 unspecified atom stereocenters. The number of hydrogen-bond donors (Lipinski definition) is 1. The molecule has 0 aliphatic carbocycles. The maximum atomic E-state index is 10.3. The molecule has 1 nitrogen and oxygen atoms in total. The molecule has 0 amide bonds. The molecule has 0 fully saturated rings. The van der Waals surface area contributed by atoms with Gasteiger partial charge in [-0.2, -0.15) is 0 Å². The van der Waals surface area contributed by atoms with Crippen LogP contribution in [0.5, 0.6) is 0 Å². The lowest BCUT2D eigenvalue weighted by molar-refractivity contribution is 0.178. The van der Waals surface area contributed by atoms with Gasteiger partial charge in [0.15, 0.2) is 0 Å². The lowest BCUT2D eigenvalue weighted by Crippen LogP contribution is -2.04. The van der Waals surface area contributed by atoms with Gasteiger partial charge in [0.1, 0.15) is 0 Å². The van der Waals surface area contributed by atoms with Crippen molar-refractivity contribution >= 4 is 39.1 Å². The molecule has 0 saturated carbocycles. The van der Waals surface area contributed by atoms with Crippen LogP contribution in [0, 0.1) is 6.92 Å². The predicted molar refractivity (Wildman–Crippen MR) is 84.0 cm³/mol. The molecule has 0 radical (unpaired) electrons. The van der Waals surface area contributed by atoms with Crippen LogP contribution in [0.25, 0.3) is 0 Å².